The van der Waals surface area contributed by atoms with E-state index < -0.39 is 0 Å². The molecule has 0 fully saturated rings. The monoisotopic (exact) mass is 408 g/mol. The van der Waals surface area contributed by atoms with Crippen LogP contribution < -0.4 is 10.1 Å². The predicted molar refractivity (Wildman–Crippen MR) is 91.6 cm³/mol. The molecule has 108 valence electrons. The number of rotatable bonds is 4. The number of hydrogen-bond acceptors (Lipinski definition) is 3. The van der Waals surface area contributed by atoms with Crippen LogP contribution in [0.25, 0.3) is 0 Å². The first kappa shape index (κ1) is 15.9. The van der Waals surface area contributed by atoms with Gasteiger partial charge in [0.25, 0.3) is 0 Å². The first-order valence-corrected chi connectivity index (χ1v) is 7.93. The first-order valence-electron chi connectivity index (χ1n) is 6.34. The standard InChI is InChI=1S/C16H14Br2N2O/c1-10(12-4-6-16(21-2)14(18)8-12)20-15-5-3-11(9-19)7-13(15)17/h3-8,10,20H,1-2H3. The number of halogens is 2. The summed E-state index contributed by atoms with van der Waals surface area (Å²) in [5, 5.41) is 12.3. The van der Waals surface area contributed by atoms with Crippen LogP contribution in [0.1, 0.15) is 24.1 Å². The Morgan fingerprint density at radius 1 is 1.14 bits per heavy atom. The van der Waals surface area contributed by atoms with Crippen LogP contribution in [0, 0.1) is 11.3 Å². The fraction of sp³-hybridized carbons (Fsp3) is 0.188. The maximum atomic E-state index is 8.88. The summed E-state index contributed by atoms with van der Waals surface area (Å²) in [6.07, 6.45) is 0. The van der Waals surface area contributed by atoms with Crippen molar-refractivity contribution in [3.05, 3.63) is 56.5 Å². The molecule has 5 heteroatoms. The zero-order valence-corrected chi connectivity index (χ0v) is 14.8. The minimum atomic E-state index is 0.122. The molecule has 0 aliphatic heterocycles. The van der Waals surface area contributed by atoms with Gasteiger partial charge in [-0.05, 0) is 74.7 Å². The van der Waals surface area contributed by atoms with Gasteiger partial charge in [-0.3, -0.25) is 0 Å². The van der Waals surface area contributed by atoms with Crippen molar-refractivity contribution in [2.24, 2.45) is 0 Å². The molecule has 0 heterocycles. The van der Waals surface area contributed by atoms with E-state index in [9.17, 15) is 0 Å². The Bertz CT molecular complexity index is 695. The number of ether oxygens (including phenoxy) is 1. The molecule has 2 aromatic carbocycles. The van der Waals surface area contributed by atoms with E-state index in [2.05, 4.69) is 50.2 Å². The van der Waals surface area contributed by atoms with E-state index in [-0.39, 0.29) is 6.04 Å². The summed E-state index contributed by atoms with van der Waals surface area (Å²) < 4.78 is 7.04. The molecule has 0 aromatic heterocycles. The molecule has 0 amide bonds. The second-order valence-electron chi connectivity index (χ2n) is 4.57. The Morgan fingerprint density at radius 2 is 1.90 bits per heavy atom. The lowest BCUT2D eigenvalue weighted by Gasteiger charge is -2.18. The van der Waals surface area contributed by atoms with Crippen molar-refractivity contribution >= 4 is 37.5 Å². The molecule has 2 rings (SSSR count). The third kappa shape index (κ3) is 3.78. The van der Waals surface area contributed by atoms with Gasteiger partial charge >= 0.3 is 0 Å². The van der Waals surface area contributed by atoms with E-state index in [1.165, 1.54) is 0 Å². The lowest BCUT2D eigenvalue weighted by atomic mass is 10.1. The van der Waals surface area contributed by atoms with Gasteiger partial charge in [0.2, 0.25) is 0 Å². The van der Waals surface area contributed by atoms with Crippen LogP contribution in [-0.2, 0) is 0 Å². The minimum absolute atomic E-state index is 0.122. The van der Waals surface area contributed by atoms with Gasteiger partial charge in [0.15, 0.2) is 0 Å². The summed E-state index contributed by atoms with van der Waals surface area (Å²) in [4.78, 5) is 0. The van der Waals surface area contributed by atoms with E-state index in [1.54, 1.807) is 19.2 Å². The summed E-state index contributed by atoms with van der Waals surface area (Å²) >= 11 is 6.98. The average molecular weight is 410 g/mol. The van der Waals surface area contributed by atoms with Gasteiger partial charge in [0, 0.05) is 16.2 Å². The second-order valence-corrected chi connectivity index (χ2v) is 6.28. The molecule has 0 saturated carbocycles. The van der Waals surface area contributed by atoms with Crippen LogP contribution >= 0.6 is 31.9 Å². The van der Waals surface area contributed by atoms with Crippen LogP contribution in [0.5, 0.6) is 5.75 Å². The summed E-state index contributed by atoms with van der Waals surface area (Å²) in [5.74, 6) is 0.811. The quantitative estimate of drug-likeness (QED) is 0.748. The first-order chi connectivity index (χ1) is 10.0. The average Bonchev–Trinajstić information content (AvgIpc) is 2.49. The largest absolute Gasteiger partial charge is 0.496 e. The van der Waals surface area contributed by atoms with Gasteiger partial charge in [0.05, 0.1) is 23.2 Å². The summed E-state index contributed by atoms with van der Waals surface area (Å²) in [6.45, 7) is 2.08. The fourth-order valence-corrected chi connectivity index (χ4v) is 3.02. The smallest absolute Gasteiger partial charge is 0.133 e. The number of anilines is 1. The highest BCUT2D eigenvalue weighted by molar-refractivity contribution is 9.11. The summed E-state index contributed by atoms with van der Waals surface area (Å²) in [7, 11) is 1.65. The van der Waals surface area contributed by atoms with Crippen LogP contribution in [-0.4, -0.2) is 7.11 Å². The molecule has 1 atom stereocenters. The molecule has 0 aliphatic carbocycles. The molecular weight excluding hydrogens is 396 g/mol. The van der Waals surface area contributed by atoms with Crippen LogP contribution in [0.4, 0.5) is 5.69 Å². The van der Waals surface area contributed by atoms with Gasteiger partial charge in [-0.15, -0.1) is 0 Å². The molecule has 1 N–H and O–H groups in total. The van der Waals surface area contributed by atoms with Crippen molar-refractivity contribution in [3.8, 4) is 11.8 Å². The topological polar surface area (TPSA) is 45.0 Å². The highest BCUT2D eigenvalue weighted by Gasteiger charge is 2.10. The van der Waals surface area contributed by atoms with Crippen molar-refractivity contribution in [2.75, 3.05) is 12.4 Å². The molecule has 21 heavy (non-hydrogen) atoms. The molecule has 0 saturated heterocycles. The number of methoxy groups -OCH3 is 1. The van der Waals surface area contributed by atoms with Gasteiger partial charge in [0.1, 0.15) is 5.75 Å². The molecule has 0 spiro atoms. The second kappa shape index (κ2) is 6.97. The molecule has 0 aliphatic rings. The van der Waals surface area contributed by atoms with Crippen molar-refractivity contribution < 1.29 is 4.74 Å². The number of nitrogens with zero attached hydrogens (tertiary/aromatic N) is 1. The van der Waals surface area contributed by atoms with Crippen LogP contribution in [0.15, 0.2) is 45.3 Å². The van der Waals surface area contributed by atoms with Crippen LogP contribution in [0.3, 0.4) is 0 Å². The lowest BCUT2D eigenvalue weighted by Crippen LogP contribution is -2.07. The number of benzene rings is 2. The van der Waals surface area contributed by atoms with E-state index >= 15 is 0 Å². The predicted octanol–water partition coefficient (Wildman–Crippen LogP) is 5.26. The maximum Gasteiger partial charge on any atom is 0.133 e. The van der Waals surface area contributed by atoms with Gasteiger partial charge in [-0.2, -0.15) is 5.26 Å². The van der Waals surface area contributed by atoms with E-state index in [4.69, 9.17) is 10.00 Å². The molecule has 2 aromatic rings. The zero-order chi connectivity index (χ0) is 15.4. The lowest BCUT2D eigenvalue weighted by molar-refractivity contribution is 0.412. The maximum absolute atomic E-state index is 8.88. The SMILES string of the molecule is COc1ccc(C(C)Nc2ccc(C#N)cc2Br)cc1Br. The summed E-state index contributed by atoms with van der Waals surface area (Å²) in [5.41, 5.74) is 2.72. The highest BCUT2D eigenvalue weighted by atomic mass is 79.9. The minimum Gasteiger partial charge on any atom is -0.496 e. The normalized spacial score (nSPS) is 11.6. The van der Waals surface area contributed by atoms with E-state index in [0.29, 0.717) is 5.56 Å². The Morgan fingerprint density at radius 3 is 2.48 bits per heavy atom. The Kier molecular flexibility index (Phi) is 5.27. The third-order valence-corrected chi connectivity index (χ3v) is 4.42. The van der Waals surface area contributed by atoms with Crippen molar-refractivity contribution in [2.45, 2.75) is 13.0 Å². The van der Waals surface area contributed by atoms with Crippen LogP contribution in [0.2, 0.25) is 0 Å². The van der Waals surface area contributed by atoms with E-state index in [0.717, 1.165) is 25.9 Å². The van der Waals surface area contributed by atoms with Gasteiger partial charge < -0.3 is 10.1 Å². The Labute approximate surface area is 141 Å². The van der Waals surface area contributed by atoms with Crippen molar-refractivity contribution in [1.82, 2.24) is 0 Å². The molecule has 0 bridgehead atoms. The zero-order valence-electron chi connectivity index (χ0n) is 11.7. The number of nitrogens with one attached hydrogen (secondary N) is 1. The third-order valence-electron chi connectivity index (χ3n) is 3.15. The van der Waals surface area contributed by atoms with Crippen molar-refractivity contribution in [1.29, 1.82) is 5.26 Å². The fourth-order valence-electron chi connectivity index (χ4n) is 1.97. The Balaban J connectivity index is 2.20. The Hall–Kier alpha value is -1.51. The molecular formula is C16H14Br2N2O. The molecule has 3 nitrogen and oxygen atoms in total. The van der Waals surface area contributed by atoms with E-state index in [1.807, 2.05) is 24.3 Å². The number of nitriles is 1. The van der Waals surface area contributed by atoms with Gasteiger partial charge in [-0.1, -0.05) is 6.07 Å². The van der Waals surface area contributed by atoms with Gasteiger partial charge in [-0.25, -0.2) is 0 Å². The molecule has 0 radical (unpaired) electrons. The van der Waals surface area contributed by atoms with Crippen molar-refractivity contribution in [3.63, 3.8) is 0 Å². The molecule has 1 unspecified atom stereocenters. The summed E-state index contributed by atoms with van der Waals surface area (Å²) in [6, 6.07) is 13.7. The number of hydrogen-bond donors (Lipinski definition) is 1. The highest BCUT2D eigenvalue weighted by Crippen LogP contribution is 2.31.